The number of imidazole rings is 1. The Morgan fingerprint density at radius 2 is 2.39 bits per heavy atom. The second-order valence-corrected chi connectivity index (χ2v) is 6.04. The Kier molecular flexibility index (Phi) is 4.04. The Morgan fingerprint density at radius 1 is 1.61 bits per heavy atom. The van der Waals surface area contributed by atoms with Crippen molar-refractivity contribution in [1.82, 2.24) is 9.55 Å². The van der Waals surface area contributed by atoms with Gasteiger partial charge in [0.1, 0.15) is 12.1 Å². The van der Waals surface area contributed by atoms with Gasteiger partial charge in [0, 0.05) is 18.2 Å². The lowest BCUT2D eigenvalue weighted by molar-refractivity contribution is -0.140. The van der Waals surface area contributed by atoms with Gasteiger partial charge < -0.3 is 20.1 Å². The second kappa shape index (κ2) is 6.00. The number of esters is 1. The number of carboxylic acids is 1. The van der Waals surface area contributed by atoms with Crippen LogP contribution in [-0.4, -0.2) is 38.7 Å². The van der Waals surface area contributed by atoms with Gasteiger partial charge in [0.2, 0.25) is 0 Å². The Bertz CT molecular complexity index is 717. The van der Waals surface area contributed by atoms with Crippen molar-refractivity contribution < 1.29 is 19.4 Å². The molecule has 2 atom stereocenters. The van der Waals surface area contributed by atoms with Crippen molar-refractivity contribution in [3.05, 3.63) is 41.0 Å². The molecule has 0 aromatic carbocycles. The van der Waals surface area contributed by atoms with E-state index in [1.165, 1.54) is 5.57 Å². The summed E-state index contributed by atoms with van der Waals surface area (Å²) in [6.07, 6.45) is 7.12. The third-order valence-electron chi connectivity index (χ3n) is 4.17. The van der Waals surface area contributed by atoms with Crippen LogP contribution in [-0.2, 0) is 27.3 Å². The van der Waals surface area contributed by atoms with Crippen LogP contribution >= 0.6 is 0 Å². The molecule has 0 amide bonds. The lowest BCUT2D eigenvalue weighted by Gasteiger charge is -2.17. The molecule has 7 heteroatoms. The monoisotopic (exact) mass is 317 g/mol. The van der Waals surface area contributed by atoms with Crippen LogP contribution in [0.2, 0.25) is 0 Å². The number of allylic oxidation sites excluding steroid dienone is 1. The molecule has 7 nitrogen and oxygen atoms in total. The standard InChI is InChI=1S/C16H19N3O4/c1-9-2-3-14-11(4-9)12(16(22)23-14)7-19-6-10(18-8-19)5-13(17)15(20)21/h4,6,8,13-14H,2-3,5,7,17H2,1H3,(H,20,21)/t13-,14+/m1/s1. The quantitative estimate of drug-likeness (QED) is 0.778. The Balaban J connectivity index is 1.78. The molecule has 1 aromatic rings. The third-order valence-corrected chi connectivity index (χ3v) is 4.17. The van der Waals surface area contributed by atoms with Gasteiger partial charge >= 0.3 is 11.9 Å². The molecule has 122 valence electrons. The molecule has 0 unspecified atom stereocenters. The Labute approximate surface area is 133 Å². The van der Waals surface area contributed by atoms with E-state index in [9.17, 15) is 9.59 Å². The van der Waals surface area contributed by atoms with Crippen LogP contribution in [0.3, 0.4) is 0 Å². The lowest BCUT2D eigenvalue weighted by atomic mass is 9.92. The molecule has 3 N–H and O–H groups in total. The third kappa shape index (κ3) is 3.19. The number of fused-ring (bicyclic) bond motifs is 1. The van der Waals surface area contributed by atoms with Gasteiger partial charge in [0.25, 0.3) is 0 Å². The highest BCUT2D eigenvalue weighted by atomic mass is 16.5. The summed E-state index contributed by atoms with van der Waals surface area (Å²) in [6, 6.07) is -0.981. The summed E-state index contributed by atoms with van der Waals surface area (Å²) in [5.74, 6) is -1.34. The zero-order valence-electron chi connectivity index (χ0n) is 12.9. The van der Waals surface area contributed by atoms with Crippen LogP contribution in [0.15, 0.2) is 35.3 Å². The highest BCUT2D eigenvalue weighted by molar-refractivity contribution is 5.93. The summed E-state index contributed by atoms with van der Waals surface area (Å²) in [5.41, 5.74) is 8.93. The van der Waals surface area contributed by atoms with Crippen LogP contribution in [0.1, 0.15) is 25.5 Å². The molecule has 3 rings (SSSR count). The molecule has 1 aliphatic carbocycles. The zero-order valence-corrected chi connectivity index (χ0v) is 12.9. The van der Waals surface area contributed by atoms with Gasteiger partial charge in [-0.15, -0.1) is 0 Å². The average molecular weight is 317 g/mol. The summed E-state index contributed by atoms with van der Waals surface area (Å²) in [7, 11) is 0. The molecule has 2 aliphatic rings. The van der Waals surface area contributed by atoms with E-state index in [1.54, 1.807) is 17.1 Å². The van der Waals surface area contributed by atoms with Crippen molar-refractivity contribution in [1.29, 1.82) is 0 Å². The molecule has 0 spiro atoms. The Morgan fingerprint density at radius 3 is 3.13 bits per heavy atom. The molecule has 0 fully saturated rings. The predicted molar refractivity (Wildman–Crippen MR) is 81.4 cm³/mol. The van der Waals surface area contributed by atoms with Gasteiger partial charge in [-0.05, 0) is 19.8 Å². The first kappa shape index (κ1) is 15.5. The number of carbonyl (C=O) groups excluding carboxylic acids is 1. The van der Waals surface area contributed by atoms with Crippen LogP contribution in [0.4, 0.5) is 0 Å². The summed E-state index contributed by atoms with van der Waals surface area (Å²) >= 11 is 0. The Hall–Kier alpha value is -2.41. The number of nitrogens with zero attached hydrogens (tertiary/aromatic N) is 2. The molecular formula is C16H19N3O4. The fourth-order valence-corrected chi connectivity index (χ4v) is 2.92. The van der Waals surface area contributed by atoms with E-state index in [2.05, 4.69) is 4.98 Å². The molecule has 1 aromatic heterocycles. The minimum absolute atomic E-state index is 0.135. The summed E-state index contributed by atoms with van der Waals surface area (Å²) < 4.78 is 7.17. The van der Waals surface area contributed by atoms with Crippen molar-refractivity contribution in [3.63, 3.8) is 0 Å². The SMILES string of the molecule is CC1=CC2=C(Cn3cnc(C[C@@H](N)C(=O)O)c3)C(=O)O[C@H]2CC1. The van der Waals surface area contributed by atoms with Crippen molar-refractivity contribution in [2.45, 2.75) is 44.9 Å². The van der Waals surface area contributed by atoms with E-state index < -0.39 is 12.0 Å². The molecule has 0 radical (unpaired) electrons. The first-order chi connectivity index (χ1) is 10.9. The molecular weight excluding hydrogens is 298 g/mol. The maximum absolute atomic E-state index is 12.1. The summed E-state index contributed by atoms with van der Waals surface area (Å²) in [5, 5.41) is 8.83. The largest absolute Gasteiger partial charge is 0.480 e. The molecule has 1 aliphatic heterocycles. The molecule has 0 bridgehead atoms. The lowest BCUT2D eigenvalue weighted by Crippen LogP contribution is -2.32. The van der Waals surface area contributed by atoms with Gasteiger partial charge in [-0.3, -0.25) is 4.79 Å². The number of carboxylic acid groups (broad SMARTS) is 1. The number of rotatable bonds is 5. The highest BCUT2D eigenvalue weighted by Gasteiger charge is 2.34. The molecule has 0 saturated heterocycles. The number of nitrogens with two attached hydrogens (primary N) is 1. The minimum Gasteiger partial charge on any atom is -0.480 e. The average Bonchev–Trinajstić information content (AvgIpc) is 3.05. The topological polar surface area (TPSA) is 107 Å². The van der Waals surface area contributed by atoms with E-state index in [0.29, 0.717) is 17.8 Å². The summed E-state index contributed by atoms with van der Waals surface area (Å²) in [6.45, 7) is 2.41. The number of aromatic nitrogens is 2. The van der Waals surface area contributed by atoms with E-state index >= 15 is 0 Å². The maximum atomic E-state index is 12.1. The van der Waals surface area contributed by atoms with Crippen molar-refractivity contribution >= 4 is 11.9 Å². The number of carbonyl (C=O) groups is 2. The van der Waals surface area contributed by atoms with E-state index in [0.717, 1.165) is 18.4 Å². The fraction of sp³-hybridized carbons (Fsp3) is 0.438. The minimum atomic E-state index is -1.06. The van der Waals surface area contributed by atoms with Gasteiger partial charge in [0.05, 0.1) is 24.1 Å². The fourth-order valence-electron chi connectivity index (χ4n) is 2.92. The van der Waals surface area contributed by atoms with E-state index in [1.807, 2.05) is 13.0 Å². The first-order valence-corrected chi connectivity index (χ1v) is 7.54. The van der Waals surface area contributed by atoms with Gasteiger partial charge in [-0.2, -0.15) is 0 Å². The summed E-state index contributed by atoms with van der Waals surface area (Å²) in [4.78, 5) is 27.0. The number of hydrogen-bond donors (Lipinski definition) is 2. The second-order valence-electron chi connectivity index (χ2n) is 6.04. The highest BCUT2D eigenvalue weighted by Crippen LogP contribution is 2.33. The van der Waals surface area contributed by atoms with Gasteiger partial charge in [0.15, 0.2) is 0 Å². The van der Waals surface area contributed by atoms with Crippen LogP contribution in [0.5, 0.6) is 0 Å². The van der Waals surface area contributed by atoms with Crippen LogP contribution in [0.25, 0.3) is 0 Å². The van der Waals surface area contributed by atoms with Crippen molar-refractivity contribution in [2.24, 2.45) is 5.73 Å². The van der Waals surface area contributed by atoms with Crippen molar-refractivity contribution in [2.75, 3.05) is 0 Å². The predicted octanol–water partition coefficient (Wildman–Crippen LogP) is 0.800. The van der Waals surface area contributed by atoms with Gasteiger partial charge in [-0.25, -0.2) is 9.78 Å². The maximum Gasteiger partial charge on any atom is 0.336 e. The molecule has 0 saturated carbocycles. The smallest absolute Gasteiger partial charge is 0.336 e. The van der Waals surface area contributed by atoms with E-state index in [-0.39, 0.29) is 18.5 Å². The first-order valence-electron chi connectivity index (χ1n) is 7.54. The normalized spacial score (nSPS) is 21.7. The van der Waals surface area contributed by atoms with Crippen LogP contribution < -0.4 is 5.73 Å². The van der Waals surface area contributed by atoms with Gasteiger partial charge in [-0.1, -0.05) is 11.6 Å². The molecule has 2 heterocycles. The van der Waals surface area contributed by atoms with Crippen molar-refractivity contribution in [3.8, 4) is 0 Å². The molecule has 23 heavy (non-hydrogen) atoms. The zero-order chi connectivity index (χ0) is 16.6. The number of ether oxygens (including phenoxy) is 1. The number of hydrogen-bond acceptors (Lipinski definition) is 5. The number of aliphatic carboxylic acids is 1. The van der Waals surface area contributed by atoms with E-state index in [4.69, 9.17) is 15.6 Å². The van der Waals surface area contributed by atoms with Crippen LogP contribution in [0, 0.1) is 0 Å².